The summed E-state index contributed by atoms with van der Waals surface area (Å²) in [4.78, 5) is 22.4. The van der Waals surface area contributed by atoms with Gasteiger partial charge in [0.1, 0.15) is 0 Å². The van der Waals surface area contributed by atoms with Gasteiger partial charge in [-0.2, -0.15) is 0 Å². The number of ketones is 1. The molecule has 1 aromatic rings. The third kappa shape index (κ3) is 2.19. The van der Waals surface area contributed by atoms with Crippen molar-refractivity contribution >= 4 is 11.8 Å². The smallest absolute Gasteiger partial charge is 0.379 e. The topological polar surface area (TPSA) is 43.4 Å². The molecule has 3 nitrogen and oxygen atoms in total. The van der Waals surface area contributed by atoms with E-state index < -0.39 is 11.8 Å². The average Bonchev–Trinajstić information content (AvgIpc) is 2.14. The lowest BCUT2D eigenvalue weighted by molar-refractivity contribution is -0.135. The molecule has 1 aromatic carbocycles. The standard InChI is InChI=1S/C11H12O3/c1-7-4-8(2)6-9(5-7)10(12)11(13)14-3/h4-6H,1-3H3. The van der Waals surface area contributed by atoms with E-state index in [1.54, 1.807) is 12.1 Å². The summed E-state index contributed by atoms with van der Waals surface area (Å²) in [7, 11) is 1.20. The van der Waals surface area contributed by atoms with Gasteiger partial charge in [0.2, 0.25) is 0 Å². The number of ether oxygens (including phenoxy) is 1. The number of Topliss-reactive ketones (excluding diaryl/α,β-unsaturated/α-hetero) is 1. The Bertz CT molecular complexity index is 360. The molecule has 0 N–H and O–H groups in total. The monoisotopic (exact) mass is 192 g/mol. The van der Waals surface area contributed by atoms with Crippen LogP contribution < -0.4 is 0 Å². The molecule has 14 heavy (non-hydrogen) atoms. The Hall–Kier alpha value is -1.64. The van der Waals surface area contributed by atoms with Crippen LogP contribution in [0.4, 0.5) is 0 Å². The Morgan fingerprint density at radius 1 is 1.07 bits per heavy atom. The molecule has 1 rings (SSSR count). The summed E-state index contributed by atoms with van der Waals surface area (Å²) in [5, 5.41) is 0. The van der Waals surface area contributed by atoms with Crippen LogP contribution in [0.15, 0.2) is 18.2 Å². The highest BCUT2D eigenvalue weighted by Gasteiger charge is 2.16. The molecule has 0 saturated heterocycles. The zero-order chi connectivity index (χ0) is 10.7. The Balaban J connectivity index is 3.07. The van der Waals surface area contributed by atoms with Crippen LogP contribution in [0, 0.1) is 13.8 Å². The number of hydrogen-bond acceptors (Lipinski definition) is 3. The fourth-order valence-electron chi connectivity index (χ4n) is 1.32. The van der Waals surface area contributed by atoms with Gasteiger partial charge in [0.25, 0.3) is 5.78 Å². The normalized spacial score (nSPS) is 9.64. The maximum Gasteiger partial charge on any atom is 0.379 e. The summed E-state index contributed by atoms with van der Waals surface area (Å²) in [6.07, 6.45) is 0. The molecule has 0 amide bonds. The summed E-state index contributed by atoms with van der Waals surface area (Å²) >= 11 is 0. The Kier molecular flexibility index (Phi) is 3.02. The average molecular weight is 192 g/mol. The first-order chi connectivity index (χ1) is 6.54. The van der Waals surface area contributed by atoms with Crippen LogP contribution in [0.2, 0.25) is 0 Å². The van der Waals surface area contributed by atoms with Crippen molar-refractivity contribution < 1.29 is 14.3 Å². The minimum Gasteiger partial charge on any atom is -0.463 e. The van der Waals surface area contributed by atoms with E-state index in [0.717, 1.165) is 11.1 Å². The third-order valence-corrected chi connectivity index (χ3v) is 1.85. The number of methoxy groups -OCH3 is 1. The molecule has 0 spiro atoms. The molecule has 0 aliphatic rings. The van der Waals surface area contributed by atoms with Gasteiger partial charge in [-0.25, -0.2) is 4.79 Å². The van der Waals surface area contributed by atoms with Crippen molar-refractivity contribution in [2.75, 3.05) is 7.11 Å². The van der Waals surface area contributed by atoms with E-state index in [-0.39, 0.29) is 0 Å². The Morgan fingerprint density at radius 3 is 2.00 bits per heavy atom. The van der Waals surface area contributed by atoms with Crippen molar-refractivity contribution in [2.45, 2.75) is 13.8 Å². The maximum atomic E-state index is 11.4. The van der Waals surface area contributed by atoms with E-state index in [4.69, 9.17) is 0 Å². The number of esters is 1. The van der Waals surface area contributed by atoms with Crippen LogP contribution in [-0.4, -0.2) is 18.9 Å². The number of aryl methyl sites for hydroxylation is 2. The molecule has 0 saturated carbocycles. The number of carbonyl (C=O) groups is 2. The summed E-state index contributed by atoms with van der Waals surface area (Å²) in [6.45, 7) is 3.75. The van der Waals surface area contributed by atoms with Crippen molar-refractivity contribution in [3.8, 4) is 0 Å². The van der Waals surface area contributed by atoms with Gasteiger partial charge in [0, 0.05) is 5.56 Å². The Morgan fingerprint density at radius 2 is 1.57 bits per heavy atom. The fourth-order valence-corrected chi connectivity index (χ4v) is 1.32. The van der Waals surface area contributed by atoms with Gasteiger partial charge >= 0.3 is 5.97 Å². The summed E-state index contributed by atoms with van der Waals surface area (Å²) in [6, 6.07) is 5.28. The molecule has 0 unspecified atom stereocenters. The number of hydrogen-bond donors (Lipinski definition) is 0. The zero-order valence-electron chi connectivity index (χ0n) is 8.46. The molecule has 0 aliphatic carbocycles. The molecule has 0 heterocycles. The molecular weight excluding hydrogens is 180 g/mol. The van der Waals surface area contributed by atoms with Gasteiger partial charge < -0.3 is 4.74 Å². The summed E-state index contributed by atoms with van der Waals surface area (Å²) in [5.74, 6) is -1.42. The molecule has 0 fully saturated rings. The molecular formula is C11H12O3. The van der Waals surface area contributed by atoms with Crippen LogP contribution in [0.1, 0.15) is 21.5 Å². The molecule has 3 heteroatoms. The minimum atomic E-state index is -0.824. The quantitative estimate of drug-likeness (QED) is 0.406. The van der Waals surface area contributed by atoms with Gasteiger partial charge in [-0.1, -0.05) is 17.2 Å². The molecule has 0 radical (unpaired) electrons. The van der Waals surface area contributed by atoms with E-state index >= 15 is 0 Å². The van der Waals surface area contributed by atoms with Crippen LogP contribution in [-0.2, 0) is 9.53 Å². The summed E-state index contributed by atoms with van der Waals surface area (Å²) < 4.78 is 4.36. The molecule has 0 atom stereocenters. The first kappa shape index (κ1) is 10.4. The van der Waals surface area contributed by atoms with Crippen molar-refractivity contribution in [3.05, 3.63) is 34.9 Å². The van der Waals surface area contributed by atoms with E-state index in [0.29, 0.717) is 5.56 Å². The highest BCUT2D eigenvalue weighted by Crippen LogP contribution is 2.09. The van der Waals surface area contributed by atoms with Gasteiger partial charge in [-0.3, -0.25) is 4.79 Å². The number of rotatable bonds is 2. The first-order valence-electron chi connectivity index (χ1n) is 4.25. The largest absolute Gasteiger partial charge is 0.463 e. The lowest BCUT2D eigenvalue weighted by atomic mass is 10.0. The molecule has 0 aliphatic heterocycles. The lowest BCUT2D eigenvalue weighted by Gasteiger charge is -2.02. The second-order valence-corrected chi connectivity index (χ2v) is 3.20. The predicted molar refractivity (Wildman–Crippen MR) is 52.3 cm³/mol. The van der Waals surface area contributed by atoms with Crippen LogP contribution in [0.5, 0.6) is 0 Å². The van der Waals surface area contributed by atoms with Crippen LogP contribution >= 0.6 is 0 Å². The third-order valence-electron chi connectivity index (χ3n) is 1.85. The SMILES string of the molecule is COC(=O)C(=O)c1cc(C)cc(C)c1. The first-order valence-corrected chi connectivity index (χ1v) is 4.25. The summed E-state index contributed by atoms with van der Waals surface area (Å²) in [5.41, 5.74) is 2.30. The predicted octanol–water partition coefficient (Wildman–Crippen LogP) is 1.66. The molecule has 0 aromatic heterocycles. The molecule has 0 bridgehead atoms. The molecule has 74 valence electrons. The fraction of sp³-hybridized carbons (Fsp3) is 0.273. The highest BCUT2D eigenvalue weighted by atomic mass is 16.5. The van der Waals surface area contributed by atoms with Gasteiger partial charge in [0.15, 0.2) is 0 Å². The van der Waals surface area contributed by atoms with Crippen molar-refractivity contribution in [2.24, 2.45) is 0 Å². The van der Waals surface area contributed by atoms with Crippen molar-refractivity contribution in [1.82, 2.24) is 0 Å². The second-order valence-electron chi connectivity index (χ2n) is 3.20. The van der Waals surface area contributed by atoms with Gasteiger partial charge in [0.05, 0.1) is 7.11 Å². The van der Waals surface area contributed by atoms with Gasteiger partial charge in [-0.05, 0) is 26.0 Å². The number of benzene rings is 1. The van der Waals surface area contributed by atoms with Crippen LogP contribution in [0.25, 0.3) is 0 Å². The highest BCUT2D eigenvalue weighted by molar-refractivity contribution is 6.40. The Labute approximate surface area is 82.7 Å². The van der Waals surface area contributed by atoms with E-state index in [9.17, 15) is 9.59 Å². The zero-order valence-corrected chi connectivity index (χ0v) is 8.46. The van der Waals surface area contributed by atoms with Gasteiger partial charge in [-0.15, -0.1) is 0 Å². The number of carbonyl (C=O) groups excluding carboxylic acids is 2. The van der Waals surface area contributed by atoms with Crippen molar-refractivity contribution in [1.29, 1.82) is 0 Å². The van der Waals surface area contributed by atoms with E-state index in [2.05, 4.69) is 4.74 Å². The lowest BCUT2D eigenvalue weighted by Crippen LogP contribution is -2.15. The second kappa shape index (κ2) is 4.05. The minimum absolute atomic E-state index is 0.384. The maximum absolute atomic E-state index is 11.4. The van der Waals surface area contributed by atoms with E-state index in [1.807, 2.05) is 19.9 Å². The van der Waals surface area contributed by atoms with Crippen molar-refractivity contribution in [3.63, 3.8) is 0 Å². The van der Waals surface area contributed by atoms with Crippen LogP contribution in [0.3, 0.4) is 0 Å². The van der Waals surface area contributed by atoms with E-state index in [1.165, 1.54) is 7.11 Å².